The van der Waals surface area contributed by atoms with Gasteiger partial charge in [-0.3, -0.25) is 0 Å². The van der Waals surface area contributed by atoms with Crippen molar-refractivity contribution in [2.75, 3.05) is 0 Å². The van der Waals surface area contributed by atoms with E-state index >= 15 is 0 Å². The molecule has 0 amide bonds. The van der Waals surface area contributed by atoms with E-state index < -0.39 is 0 Å². The molecule has 0 aliphatic carbocycles. The molecule has 2 atom stereocenters. The first kappa shape index (κ1) is 21.6. The zero-order valence-corrected chi connectivity index (χ0v) is 21.7. The van der Waals surface area contributed by atoms with Crippen molar-refractivity contribution in [1.29, 1.82) is 0 Å². The Labute approximate surface area is 217 Å². The highest BCUT2D eigenvalue weighted by molar-refractivity contribution is 7.22. The molecular weight excluding hydrogens is 529 g/mol. The highest BCUT2D eigenvalue weighted by Crippen LogP contribution is 2.49. The quantitative estimate of drug-likeness (QED) is 0.216. The van der Waals surface area contributed by atoms with Gasteiger partial charge in [-0.2, -0.15) is 0 Å². The molecule has 0 saturated carbocycles. The number of hydrogen-bond acceptors (Lipinski definition) is 6. The van der Waals surface area contributed by atoms with Crippen molar-refractivity contribution >= 4 is 74.3 Å². The van der Waals surface area contributed by atoms with Crippen LogP contribution in [0.5, 0.6) is 0 Å². The maximum absolute atomic E-state index is 6.60. The molecule has 164 valence electrons. The monoisotopic (exact) mass is 543 g/mol. The van der Waals surface area contributed by atoms with E-state index in [-0.39, 0.29) is 12.0 Å². The molecule has 6 rings (SSSR count). The van der Waals surface area contributed by atoms with E-state index in [2.05, 4.69) is 64.4 Å². The van der Waals surface area contributed by atoms with Crippen LogP contribution in [0.4, 0.5) is 0 Å². The van der Waals surface area contributed by atoms with Crippen molar-refractivity contribution in [3.05, 3.63) is 103 Å². The summed E-state index contributed by atoms with van der Waals surface area (Å²) in [4.78, 5) is 13.4. The Morgan fingerprint density at radius 2 is 1.27 bits per heavy atom. The number of benzene rings is 1. The molecule has 0 radical (unpaired) electrons. The van der Waals surface area contributed by atoms with Gasteiger partial charge >= 0.3 is 0 Å². The van der Waals surface area contributed by atoms with Gasteiger partial charge in [-0.25, -0.2) is 0 Å². The first-order valence-electron chi connectivity index (χ1n) is 10.1. The van der Waals surface area contributed by atoms with E-state index in [1.165, 1.54) is 24.4 Å². The van der Waals surface area contributed by atoms with Crippen LogP contribution in [-0.2, 0) is 4.84 Å². The van der Waals surface area contributed by atoms with Crippen LogP contribution in [0.15, 0.2) is 82.6 Å². The number of hydrogen-bond donors (Lipinski definition) is 0. The highest BCUT2D eigenvalue weighted by Gasteiger charge is 2.41. The molecule has 1 aliphatic heterocycles. The first-order chi connectivity index (χ1) is 16.2. The zero-order valence-electron chi connectivity index (χ0n) is 16.9. The van der Waals surface area contributed by atoms with E-state index in [1.807, 2.05) is 18.2 Å². The average molecular weight is 545 g/mol. The van der Waals surface area contributed by atoms with Gasteiger partial charge in [-0.1, -0.05) is 46.6 Å². The molecule has 0 N–H and O–H groups in total. The van der Waals surface area contributed by atoms with Crippen LogP contribution in [-0.4, -0.2) is 5.71 Å². The fraction of sp³-hybridized carbons (Fsp3) is 0.0800. The van der Waals surface area contributed by atoms with Gasteiger partial charge < -0.3 is 4.84 Å². The lowest BCUT2D eigenvalue weighted by Gasteiger charge is -2.18. The SMILES string of the molecule is Clc1cccc(Cl)c1C1=NO[C@H](c2ccc(-c3cccs3)s2)[C@H]1c1ccc(-c2cccs2)s1. The van der Waals surface area contributed by atoms with Gasteiger partial charge in [-0.05, 0) is 59.3 Å². The Morgan fingerprint density at radius 1 is 0.667 bits per heavy atom. The summed E-state index contributed by atoms with van der Waals surface area (Å²) >= 11 is 20.2. The minimum absolute atomic E-state index is 0.101. The molecule has 8 heteroatoms. The predicted octanol–water partition coefficient (Wildman–Crippen LogP) is 9.83. The summed E-state index contributed by atoms with van der Waals surface area (Å²) in [5.74, 6) is -0.101. The minimum atomic E-state index is -0.235. The molecule has 1 aliphatic rings. The molecule has 4 aromatic heterocycles. The summed E-state index contributed by atoms with van der Waals surface area (Å²) in [6, 6.07) is 22.7. The van der Waals surface area contributed by atoms with Crippen LogP contribution in [0.25, 0.3) is 19.5 Å². The summed E-state index contributed by atoms with van der Waals surface area (Å²) in [5.41, 5.74) is 1.52. The van der Waals surface area contributed by atoms with Crippen LogP contribution in [0.1, 0.15) is 27.3 Å². The van der Waals surface area contributed by atoms with Gasteiger partial charge in [0.05, 0.1) is 16.0 Å². The number of rotatable bonds is 5. The third-order valence-corrected chi connectivity index (χ3v) is 10.5. The van der Waals surface area contributed by atoms with E-state index in [9.17, 15) is 0 Å². The Kier molecular flexibility index (Phi) is 5.90. The molecule has 5 aromatic rings. The first-order valence-corrected chi connectivity index (χ1v) is 14.3. The summed E-state index contributed by atoms with van der Waals surface area (Å²) < 4.78 is 0. The molecule has 0 saturated heterocycles. The van der Waals surface area contributed by atoms with Crippen molar-refractivity contribution in [3.8, 4) is 19.5 Å². The molecule has 0 spiro atoms. The van der Waals surface area contributed by atoms with Crippen LogP contribution >= 0.6 is 68.5 Å². The van der Waals surface area contributed by atoms with Crippen molar-refractivity contribution in [2.45, 2.75) is 12.0 Å². The maximum atomic E-state index is 6.60. The van der Waals surface area contributed by atoms with E-state index in [1.54, 1.807) is 45.3 Å². The lowest BCUT2D eigenvalue weighted by atomic mass is 9.90. The zero-order chi connectivity index (χ0) is 22.4. The van der Waals surface area contributed by atoms with Gasteiger partial charge in [0.25, 0.3) is 0 Å². The largest absolute Gasteiger partial charge is 0.385 e. The van der Waals surface area contributed by atoms with E-state index in [0.717, 1.165) is 16.2 Å². The Bertz CT molecular complexity index is 1410. The minimum Gasteiger partial charge on any atom is -0.385 e. The van der Waals surface area contributed by atoms with E-state index in [4.69, 9.17) is 28.0 Å². The third-order valence-electron chi connectivity index (χ3n) is 5.45. The third kappa shape index (κ3) is 3.99. The summed E-state index contributed by atoms with van der Waals surface area (Å²) in [6.45, 7) is 0. The van der Waals surface area contributed by atoms with Gasteiger partial charge in [0.15, 0.2) is 6.10 Å². The lowest BCUT2D eigenvalue weighted by molar-refractivity contribution is 0.0794. The maximum Gasteiger partial charge on any atom is 0.175 e. The van der Waals surface area contributed by atoms with Crippen molar-refractivity contribution in [2.24, 2.45) is 5.16 Å². The normalized spacial score (nSPS) is 17.8. The molecule has 5 heterocycles. The topological polar surface area (TPSA) is 21.6 Å². The Morgan fingerprint density at radius 3 is 1.88 bits per heavy atom. The Balaban J connectivity index is 1.44. The summed E-state index contributed by atoms with van der Waals surface area (Å²) in [6.07, 6.45) is -0.235. The van der Waals surface area contributed by atoms with Crippen molar-refractivity contribution in [3.63, 3.8) is 0 Å². The van der Waals surface area contributed by atoms with Gasteiger partial charge in [0.2, 0.25) is 0 Å². The predicted molar refractivity (Wildman–Crippen MR) is 145 cm³/mol. The fourth-order valence-corrected chi connectivity index (χ4v) is 8.41. The highest BCUT2D eigenvalue weighted by atomic mass is 35.5. The van der Waals surface area contributed by atoms with Crippen molar-refractivity contribution in [1.82, 2.24) is 0 Å². The molecule has 33 heavy (non-hydrogen) atoms. The number of thiophene rings is 4. The number of nitrogens with zero attached hydrogens (tertiary/aromatic N) is 1. The standard InChI is InChI=1S/C25H15Cl2NOS4/c26-14-4-1-5-15(27)22(14)24-23(20-10-8-18(32-20)16-6-2-12-30-16)25(29-28-24)21-11-9-19(33-21)17-7-3-13-31-17/h1-13,23,25H/t23-,25+/m0/s1. The average Bonchev–Trinajstić information content (AvgIpc) is 3.63. The molecular formula is C25H15Cl2NOS4. The smallest absolute Gasteiger partial charge is 0.175 e. The van der Waals surface area contributed by atoms with Crippen LogP contribution in [0.2, 0.25) is 10.0 Å². The summed E-state index contributed by atoms with van der Waals surface area (Å²) in [5, 5.41) is 9.91. The molecule has 2 nitrogen and oxygen atoms in total. The molecule has 0 fully saturated rings. The lowest BCUT2D eigenvalue weighted by Crippen LogP contribution is -2.15. The van der Waals surface area contributed by atoms with Crippen molar-refractivity contribution < 1.29 is 4.84 Å². The fourth-order valence-electron chi connectivity index (χ4n) is 3.95. The molecule has 1 aromatic carbocycles. The van der Waals surface area contributed by atoms with Gasteiger partial charge in [-0.15, -0.1) is 45.3 Å². The molecule has 0 unspecified atom stereocenters. The van der Waals surface area contributed by atoms with Crippen LogP contribution in [0, 0.1) is 0 Å². The Hall–Kier alpha value is -1.93. The second-order valence-corrected chi connectivity index (χ2v) is 12.4. The second-order valence-electron chi connectivity index (χ2n) is 7.44. The van der Waals surface area contributed by atoms with E-state index in [0.29, 0.717) is 10.0 Å². The van der Waals surface area contributed by atoms with Gasteiger partial charge in [0, 0.05) is 34.8 Å². The van der Waals surface area contributed by atoms with Gasteiger partial charge in [0.1, 0.15) is 5.71 Å². The number of oxime groups is 1. The second kappa shape index (κ2) is 9.02. The number of halogens is 2. The van der Waals surface area contributed by atoms with Crippen LogP contribution < -0.4 is 0 Å². The van der Waals surface area contributed by atoms with Crippen LogP contribution in [0.3, 0.4) is 0 Å². The molecule has 0 bridgehead atoms. The summed E-state index contributed by atoms with van der Waals surface area (Å²) in [7, 11) is 0.